The number of alkyl halides is 3. The van der Waals surface area contributed by atoms with Crippen molar-refractivity contribution in [3.63, 3.8) is 0 Å². The third-order valence-electron chi connectivity index (χ3n) is 3.81. The molecule has 0 radical (unpaired) electrons. The van der Waals surface area contributed by atoms with Gasteiger partial charge in [-0.05, 0) is 18.0 Å². The van der Waals surface area contributed by atoms with Gasteiger partial charge in [0.25, 0.3) is 0 Å². The van der Waals surface area contributed by atoms with E-state index in [1.165, 1.54) is 0 Å². The van der Waals surface area contributed by atoms with Crippen LogP contribution in [-0.4, -0.2) is 52.8 Å². The zero-order valence-corrected chi connectivity index (χ0v) is 16.9. The molecule has 5 N–H and O–H groups in total. The molecule has 0 saturated carbocycles. The van der Waals surface area contributed by atoms with Gasteiger partial charge in [0, 0.05) is 38.4 Å². The highest BCUT2D eigenvalue weighted by Crippen LogP contribution is 2.29. The first-order valence-corrected chi connectivity index (χ1v) is 10.00. The van der Waals surface area contributed by atoms with Crippen LogP contribution < -0.4 is 5.73 Å². The SMILES string of the molecule is O=P(O)(O)O.[2H]C([2H])(C(=O)N1CCn2c(nnc2C(F)(F)F)C1)[C@]([2H])(N)C([2H])([2H])c1cc(F)c(F)cc1F. The zero-order chi connectivity index (χ0) is 29.6. The Labute approximate surface area is 188 Å². The number of nitrogens with zero attached hydrogens (tertiary/aromatic N) is 4. The van der Waals surface area contributed by atoms with Gasteiger partial charge in [0.1, 0.15) is 5.82 Å². The fourth-order valence-corrected chi connectivity index (χ4v) is 2.53. The number of aromatic nitrogens is 3. The summed E-state index contributed by atoms with van der Waals surface area (Å²) in [5.74, 6) is -8.32. The highest BCUT2D eigenvalue weighted by molar-refractivity contribution is 7.45. The van der Waals surface area contributed by atoms with Crippen LogP contribution in [0.15, 0.2) is 12.1 Å². The van der Waals surface area contributed by atoms with Gasteiger partial charge < -0.3 is 29.9 Å². The molecule has 0 unspecified atom stereocenters. The zero-order valence-electron chi connectivity index (χ0n) is 21.0. The molecule has 0 spiro atoms. The standard InChI is InChI=1S/C16H15F6N5O.H3O4P/c17-10-6-12(19)11(18)4-8(10)3-9(23)5-14(28)26-1-2-27-13(7-26)24-25-15(27)16(20,21)22;1-5(2,3)4/h4,6,9H,1-3,5,7,23H2;(H3,1,2,3,4)/t9-;/m1./s1/i3D2,5D2,9D;. The lowest BCUT2D eigenvalue weighted by Crippen LogP contribution is -2.42. The second-order valence-corrected chi connectivity index (χ2v) is 7.27. The lowest BCUT2D eigenvalue weighted by Gasteiger charge is -2.29. The van der Waals surface area contributed by atoms with Crippen molar-refractivity contribution in [2.75, 3.05) is 6.54 Å². The highest BCUT2D eigenvalue weighted by atomic mass is 31.2. The number of nitrogens with two attached hydrogens (primary N) is 1. The molecule has 1 aromatic heterocycles. The van der Waals surface area contributed by atoms with E-state index < -0.39 is 87.1 Å². The van der Waals surface area contributed by atoms with Crippen LogP contribution in [0.1, 0.15) is 30.4 Å². The number of benzene rings is 1. The molecule has 0 fully saturated rings. The van der Waals surface area contributed by atoms with E-state index in [-0.39, 0.29) is 18.0 Å². The van der Waals surface area contributed by atoms with Gasteiger partial charge in [-0.2, -0.15) is 13.2 Å². The molecular weight excluding hydrogens is 487 g/mol. The Balaban J connectivity index is 0.000000926. The van der Waals surface area contributed by atoms with Crippen molar-refractivity contribution in [3.8, 4) is 0 Å². The summed E-state index contributed by atoms with van der Waals surface area (Å²) in [6.07, 6.45) is -12.0. The number of rotatable bonds is 4. The molecule has 17 heteroatoms. The van der Waals surface area contributed by atoms with E-state index in [1.807, 2.05) is 0 Å². The summed E-state index contributed by atoms with van der Waals surface area (Å²) in [5, 5.41) is 6.33. The van der Waals surface area contributed by atoms with Crippen molar-refractivity contribution >= 4 is 13.7 Å². The van der Waals surface area contributed by atoms with Crippen LogP contribution in [0.3, 0.4) is 0 Å². The number of phosphoric acid groups is 1. The van der Waals surface area contributed by atoms with E-state index in [0.717, 1.165) is 0 Å². The van der Waals surface area contributed by atoms with Crippen molar-refractivity contribution in [1.82, 2.24) is 19.7 Å². The van der Waals surface area contributed by atoms with E-state index >= 15 is 0 Å². The molecule has 1 amide bonds. The van der Waals surface area contributed by atoms with Crippen LogP contribution in [0, 0.1) is 17.5 Å². The summed E-state index contributed by atoms with van der Waals surface area (Å²) in [7, 11) is -4.64. The molecular formula is C16H18F6N5O5P. The average molecular weight is 510 g/mol. The number of halogens is 6. The Morgan fingerprint density at radius 2 is 1.76 bits per heavy atom. The fourth-order valence-electron chi connectivity index (χ4n) is 2.53. The number of carbonyl (C=O) groups is 1. The monoisotopic (exact) mass is 510 g/mol. The first-order valence-electron chi connectivity index (χ1n) is 10.9. The maximum atomic E-state index is 14.2. The molecule has 3 rings (SSSR count). The van der Waals surface area contributed by atoms with Gasteiger partial charge >= 0.3 is 14.0 Å². The first kappa shape index (κ1) is 19.9. The second kappa shape index (κ2) is 10.2. The third-order valence-corrected chi connectivity index (χ3v) is 3.81. The minimum Gasteiger partial charge on any atom is -0.333 e. The molecule has 1 aromatic carbocycles. The Morgan fingerprint density at radius 3 is 2.33 bits per heavy atom. The summed E-state index contributed by atoms with van der Waals surface area (Å²) in [6, 6.07) is -3.56. The molecule has 0 bridgehead atoms. The minimum absolute atomic E-state index is 0.0222. The van der Waals surface area contributed by atoms with Crippen LogP contribution in [0.2, 0.25) is 0 Å². The molecule has 1 atom stereocenters. The molecule has 0 aliphatic carbocycles. The topological polar surface area (TPSA) is 155 Å². The van der Waals surface area contributed by atoms with E-state index in [4.69, 9.17) is 31.8 Å². The van der Waals surface area contributed by atoms with Gasteiger partial charge in [-0.3, -0.25) is 4.79 Å². The summed E-state index contributed by atoms with van der Waals surface area (Å²) < 4.78 is 130. The maximum absolute atomic E-state index is 14.2. The molecule has 184 valence electrons. The van der Waals surface area contributed by atoms with Gasteiger partial charge in [-0.25, -0.2) is 17.7 Å². The normalized spacial score (nSPS) is 19.0. The Morgan fingerprint density at radius 1 is 1.18 bits per heavy atom. The van der Waals surface area contributed by atoms with Crippen molar-refractivity contribution in [2.24, 2.45) is 5.73 Å². The van der Waals surface area contributed by atoms with Crippen LogP contribution >= 0.6 is 7.82 Å². The lowest BCUT2D eigenvalue weighted by molar-refractivity contribution is -0.148. The van der Waals surface area contributed by atoms with E-state index in [0.29, 0.717) is 9.47 Å². The van der Waals surface area contributed by atoms with Crippen LogP contribution in [0.5, 0.6) is 0 Å². The summed E-state index contributed by atoms with van der Waals surface area (Å²) in [6.45, 7) is -1.65. The van der Waals surface area contributed by atoms with E-state index in [9.17, 15) is 31.1 Å². The van der Waals surface area contributed by atoms with E-state index in [2.05, 4.69) is 10.2 Å². The largest absolute Gasteiger partial charge is 0.466 e. The smallest absolute Gasteiger partial charge is 0.333 e. The molecule has 2 heterocycles. The van der Waals surface area contributed by atoms with Crippen LogP contribution in [0.25, 0.3) is 0 Å². The molecule has 1 aliphatic heterocycles. The average Bonchev–Trinajstić information content (AvgIpc) is 3.18. The number of hydrogen-bond acceptors (Lipinski definition) is 5. The Hall–Kier alpha value is -2.52. The number of amides is 1. The van der Waals surface area contributed by atoms with Crippen LogP contribution in [-0.2, 0) is 35.0 Å². The maximum Gasteiger partial charge on any atom is 0.466 e. The van der Waals surface area contributed by atoms with Gasteiger partial charge in [0.05, 0.1) is 6.54 Å². The summed E-state index contributed by atoms with van der Waals surface area (Å²) >= 11 is 0. The molecule has 0 saturated heterocycles. The predicted octanol–water partition coefficient (Wildman–Crippen LogP) is 1.09. The minimum atomic E-state index is -4.83. The molecule has 1 aliphatic rings. The van der Waals surface area contributed by atoms with Crippen molar-refractivity contribution in [3.05, 3.63) is 46.8 Å². The van der Waals surface area contributed by atoms with E-state index in [1.54, 1.807) is 0 Å². The van der Waals surface area contributed by atoms with Gasteiger partial charge in [0.15, 0.2) is 17.5 Å². The second-order valence-electron chi connectivity index (χ2n) is 6.24. The highest BCUT2D eigenvalue weighted by Gasteiger charge is 2.40. The van der Waals surface area contributed by atoms with Crippen molar-refractivity contribution in [2.45, 2.75) is 38.0 Å². The molecule has 33 heavy (non-hydrogen) atoms. The predicted molar refractivity (Wildman–Crippen MR) is 97.3 cm³/mol. The molecule has 10 nitrogen and oxygen atoms in total. The molecule has 2 aromatic rings. The number of fused-ring (bicyclic) bond motifs is 1. The first-order chi connectivity index (χ1) is 16.9. The van der Waals surface area contributed by atoms with Crippen molar-refractivity contribution in [1.29, 1.82) is 0 Å². The van der Waals surface area contributed by atoms with Gasteiger partial charge in [-0.1, -0.05) is 0 Å². The number of hydrogen-bond donors (Lipinski definition) is 4. The quantitative estimate of drug-likeness (QED) is 0.271. The van der Waals surface area contributed by atoms with Crippen molar-refractivity contribution < 1.29 is 57.2 Å². The Bertz CT molecular complexity index is 1270. The summed E-state index contributed by atoms with van der Waals surface area (Å²) in [5.41, 5.74) is 4.23. The fraction of sp³-hybridized carbons (Fsp3) is 0.438. The van der Waals surface area contributed by atoms with Crippen LogP contribution in [0.4, 0.5) is 26.3 Å². The number of carbonyl (C=O) groups excluding carboxylic acids is 1. The Kier molecular flexibility index (Phi) is 6.14. The van der Waals surface area contributed by atoms with Gasteiger partial charge in [0.2, 0.25) is 11.7 Å². The summed E-state index contributed by atoms with van der Waals surface area (Å²) in [4.78, 5) is 35.1. The lowest BCUT2D eigenvalue weighted by atomic mass is 10.0. The van der Waals surface area contributed by atoms with Gasteiger partial charge in [-0.15, -0.1) is 10.2 Å². The third kappa shape index (κ3) is 7.78.